The maximum atomic E-state index is 5.98. The zero-order chi connectivity index (χ0) is 13.9. The van der Waals surface area contributed by atoms with Crippen molar-refractivity contribution in [3.05, 3.63) is 29.3 Å². The van der Waals surface area contributed by atoms with Crippen LogP contribution in [-0.2, 0) is 0 Å². The number of aryl methyl sites for hydroxylation is 2. The van der Waals surface area contributed by atoms with Gasteiger partial charge in [-0.15, -0.1) is 24.0 Å². The minimum absolute atomic E-state index is 0. The van der Waals surface area contributed by atoms with Crippen LogP contribution in [-0.4, -0.2) is 12.5 Å². The molecular formula is C16H26IN3. The fraction of sp³-hybridized carbons (Fsp3) is 0.562. The van der Waals surface area contributed by atoms with Crippen molar-refractivity contribution in [2.45, 2.75) is 46.5 Å². The SMILES string of the molecule is Cc1cc(C)cc(NC(N)=NCC2(C)CCCC2)c1.I. The van der Waals surface area contributed by atoms with E-state index < -0.39 is 0 Å². The summed E-state index contributed by atoms with van der Waals surface area (Å²) in [5.74, 6) is 0.526. The number of nitrogens with zero attached hydrogens (tertiary/aromatic N) is 1. The van der Waals surface area contributed by atoms with Gasteiger partial charge in [-0.25, -0.2) is 0 Å². The fourth-order valence-electron chi connectivity index (χ4n) is 2.90. The first-order valence-electron chi connectivity index (χ1n) is 7.12. The Labute approximate surface area is 139 Å². The van der Waals surface area contributed by atoms with Gasteiger partial charge in [0, 0.05) is 12.2 Å². The van der Waals surface area contributed by atoms with Crippen molar-refractivity contribution in [2.75, 3.05) is 11.9 Å². The van der Waals surface area contributed by atoms with Crippen LogP contribution >= 0.6 is 24.0 Å². The topological polar surface area (TPSA) is 50.4 Å². The Hall–Kier alpha value is -0.780. The van der Waals surface area contributed by atoms with E-state index in [9.17, 15) is 0 Å². The van der Waals surface area contributed by atoms with Gasteiger partial charge in [0.2, 0.25) is 0 Å². The molecule has 0 saturated heterocycles. The van der Waals surface area contributed by atoms with Gasteiger partial charge in [0.15, 0.2) is 5.96 Å². The van der Waals surface area contributed by atoms with Crippen molar-refractivity contribution in [1.29, 1.82) is 0 Å². The highest BCUT2D eigenvalue weighted by molar-refractivity contribution is 14.0. The molecule has 20 heavy (non-hydrogen) atoms. The van der Waals surface area contributed by atoms with Gasteiger partial charge in [0.05, 0.1) is 0 Å². The summed E-state index contributed by atoms with van der Waals surface area (Å²) in [6, 6.07) is 6.33. The van der Waals surface area contributed by atoms with Crippen LogP contribution in [0.2, 0.25) is 0 Å². The molecular weight excluding hydrogens is 361 g/mol. The van der Waals surface area contributed by atoms with E-state index in [0.29, 0.717) is 11.4 Å². The molecule has 0 radical (unpaired) electrons. The molecule has 1 aliphatic rings. The highest BCUT2D eigenvalue weighted by Gasteiger charge is 2.28. The number of halogens is 1. The van der Waals surface area contributed by atoms with Gasteiger partial charge in [0.1, 0.15) is 0 Å². The summed E-state index contributed by atoms with van der Waals surface area (Å²) in [6.07, 6.45) is 5.20. The maximum absolute atomic E-state index is 5.98. The zero-order valence-corrected chi connectivity index (χ0v) is 15.0. The fourth-order valence-corrected chi connectivity index (χ4v) is 2.90. The first-order chi connectivity index (χ1) is 8.97. The zero-order valence-electron chi connectivity index (χ0n) is 12.7. The monoisotopic (exact) mass is 387 g/mol. The molecule has 0 aromatic heterocycles. The molecule has 3 nitrogen and oxygen atoms in total. The quantitative estimate of drug-likeness (QED) is 0.463. The molecule has 3 N–H and O–H groups in total. The molecule has 1 saturated carbocycles. The minimum Gasteiger partial charge on any atom is -0.370 e. The van der Waals surface area contributed by atoms with E-state index in [-0.39, 0.29) is 24.0 Å². The molecule has 1 fully saturated rings. The van der Waals surface area contributed by atoms with Crippen LogP contribution in [0.1, 0.15) is 43.7 Å². The lowest BCUT2D eigenvalue weighted by molar-refractivity contribution is 0.351. The van der Waals surface area contributed by atoms with Crippen molar-refractivity contribution < 1.29 is 0 Å². The number of guanidine groups is 1. The lowest BCUT2D eigenvalue weighted by Gasteiger charge is -2.20. The van der Waals surface area contributed by atoms with Crippen LogP contribution in [0.25, 0.3) is 0 Å². The molecule has 1 aliphatic carbocycles. The molecule has 0 heterocycles. The second-order valence-electron chi connectivity index (χ2n) is 6.22. The van der Waals surface area contributed by atoms with E-state index in [2.05, 4.69) is 49.3 Å². The van der Waals surface area contributed by atoms with E-state index in [0.717, 1.165) is 12.2 Å². The third-order valence-electron chi connectivity index (χ3n) is 3.94. The molecule has 0 bridgehead atoms. The number of benzene rings is 1. The van der Waals surface area contributed by atoms with Gasteiger partial charge in [-0.3, -0.25) is 4.99 Å². The number of hydrogen-bond acceptors (Lipinski definition) is 1. The number of nitrogens with two attached hydrogens (primary N) is 1. The molecule has 0 atom stereocenters. The third kappa shape index (κ3) is 4.96. The predicted octanol–water partition coefficient (Wildman–Crippen LogP) is 4.23. The van der Waals surface area contributed by atoms with E-state index in [4.69, 9.17) is 5.73 Å². The summed E-state index contributed by atoms with van der Waals surface area (Å²) in [7, 11) is 0. The molecule has 1 aromatic carbocycles. The number of rotatable bonds is 3. The predicted molar refractivity (Wildman–Crippen MR) is 98.0 cm³/mol. The first-order valence-corrected chi connectivity index (χ1v) is 7.12. The van der Waals surface area contributed by atoms with Crippen molar-refractivity contribution in [1.82, 2.24) is 0 Å². The summed E-state index contributed by atoms with van der Waals surface area (Å²) in [6.45, 7) is 7.32. The molecule has 1 aromatic rings. The van der Waals surface area contributed by atoms with E-state index >= 15 is 0 Å². The Morgan fingerprint density at radius 2 is 1.75 bits per heavy atom. The Morgan fingerprint density at radius 1 is 1.20 bits per heavy atom. The summed E-state index contributed by atoms with van der Waals surface area (Å²) in [4.78, 5) is 4.52. The molecule has 2 rings (SSSR count). The number of anilines is 1. The van der Waals surface area contributed by atoms with Gasteiger partial charge in [-0.1, -0.05) is 25.8 Å². The van der Waals surface area contributed by atoms with Crippen molar-refractivity contribution in [3.8, 4) is 0 Å². The van der Waals surface area contributed by atoms with Crippen molar-refractivity contribution in [3.63, 3.8) is 0 Å². The summed E-state index contributed by atoms with van der Waals surface area (Å²) in [5.41, 5.74) is 9.83. The lowest BCUT2D eigenvalue weighted by atomic mass is 9.89. The van der Waals surface area contributed by atoms with E-state index in [1.807, 2.05) is 0 Å². The average molecular weight is 387 g/mol. The van der Waals surface area contributed by atoms with Gasteiger partial charge in [-0.2, -0.15) is 0 Å². The van der Waals surface area contributed by atoms with Gasteiger partial charge >= 0.3 is 0 Å². The third-order valence-corrected chi connectivity index (χ3v) is 3.94. The summed E-state index contributed by atoms with van der Waals surface area (Å²) in [5, 5.41) is 3.19. The Kier molecular flexibility index (Phi) is 6.30. The standard InChI is InChI=1S/C16H25N3.HI/c1-12-8-13(2)10-14(9-12)19-15(17)18-11-16(3)6-4-5-7-16;/h8-10H,4-7,11H2,1-3H3,(H3,17,18,19);1H. The van der Waals surface area contributed by atoms with Crippen molar-refractivity contribution >= 4 is 35.6 Å². The van der Waals surface area contributed by atoms with Crippen LogP contribution in [0.3, 0.4) is 0 Å². The highest BCUT2D eigenvalue weighted by atomic mass is 127. The van der Waals surface area contributed by atoms with E-state index in [1.54, 1.807) is 0 Å². The molecule has 0 aliphatic heterocycles. The molecule has 112 valence electrons. The smallest absolute Gasteiger partial charge is 0.193 e. The van der Waals surface area contributed by atoms with Gasteiger partial charge in [-0.05, 0) is 55.4 Å². The Balaban J connectivity index is 0.00000200. The van der Waals surface area contributed by atoms with Crippen LogP contribution in [0, 0.1) is 19.3 Å². The summed E-state index contributed by atoms with van der Waals surface area (Å²) < 4.78 is 0. The second kappa shape index (κ2) is 7.29. The lowest BCUT2D eigenvalue weighted by Crippen LogP contribution is -2.26. The molecule has 4 heteroatoms. The van der Waals surface area contributed by atoms with E-state index in [1.165, 1.54) is 36.8 Å². The Morgan fingerprint density at radius 3 is 2.30 bits per heavy atom. The normalized spacial score (nSPS) is 17.6. The van der Waals surface area contributed by atoms with Gasteiger partial charge in [0.25, 0.3) is 0 Å². The number of aliphatic imine (C=N–C) groups is 1. The maximum Gasteiger partial charge on any atom is 0.193 e. The molecule has 0 amide bonds. The highest BCUT2D eigenvalue weighted by Crippen LogP contribution is 2.37. The Bertz CT molecular complexity index is 456. The molecule has 0 unspecified atom stereocenters. The van der Waals surface area contributed by atoms with Crippen LogP contribution in [0.4, 0.5) is 5.69 Å². The summed E-state index contributed by atoms with van der Waals surface area (Å²) >= 11 is 0. The number of nitrogens with one attached hydrogen (secondary N) is 1. The minimum atomic E-state index is 0. The van der Waals surface area contributed by atoms with Crippen LogP contribution in [0.5, 0.6) is 0 Å². The van der Waals surface area contributed by atoms with Crippen LogP contribution in [0.15, 0.2) is 23.2 Å². The average Bonchev–Trinajstić information content (AvgIpc) is 2.73. The van der Waals surface area contributed by atoms with Crippen LogP contribution < -0.4 is 11.1 Å². The van der Waals surface area contributed by atoms with Crippen molar-refractivity contribution in [2.24, 2.45) is 16.1 Å². The van der Waals surface area contributed by atoms with Gasteiger partial charge < -0.3 is 11.1 Å². The second-order valence-corrected chi connectivity index (χ2v) is 6.22. The number of hydrogen-bond donors (Lipinski definition) is 2. The molecule has 0 spiro atoms. The largest absolute Gasteiger partial charge is 0.370 e. The first kappa shape index (κ1) is 17.3.